The van der Waals surface area contributed by atoms with Crippen molar-refractivity contribution in [2.24, 2.45) is 0 Å². The van der Waals surface area contributed by atoms with E-state index in [4.69, 9.17) is 11.2 Å². The van der Waals surface area contributed by atoms with Gasteiger partial charge in [0.25, 0.3) is 0 Å². The SMILES string of the molecule is C#CCCOc1nc(NCC)nc2[nH]ncc12. The van der Waals surface area contributed by atoms with Gasteiger partial charge in [-0.1, -0.05) is 0 Å². The molecule has 0 unspecified atom stereocenters. The smallest absolute Gasteiger partial charge is 0.229 e. The fourth-order valence-electron chi connectivity index (χ4n) is 1.36. The molecule has 0 saturated heterocycles. The highest BCUT2D eigenvalue weighted by Gasteiger charge is 2.09. The number of hydrogen-bond acceptors (Lipinski definition) is 5. The Morgan fingerprint density at radius 2 is 2.41 bits per heavy atom. The van der Waals surface area contributed by atoms with E-state index in [-0.39, 0.29) is 0 Å². The van der Waals surface area contributed by atoms with Crippen molar-refractivity contribution in [1.29, 1.82) is 0 Å². The first-order valence-corrected chi connectivity index (χ1v) is 5.36. The molecule has 0 spiro atoms. The summed E-state index contributed by atoms with van der Waals surface area (Å²) in [7, 11) is 0. The molecule has 0 fully saturated rings. The molecule has 0 atom stereocenters. The molecule has 2 heterocycles. The van der Waals surface area contributed by atoms with Crippen LogP contribution < -0.4 is 10.1 Å². The molecule has 6 heteroatoms. The highest BCUT2D eigenvalue weighted by molar-refractivity contribution is 5.80. The maximum atomic E-state index is 5.51. The third-order valence-electron chi connectivity index (χ3n) is 2.09. The molecule has 0 saturated carbocycles. The maximum absolute atomic E-state index is 5.51. The Hall–Kier alpha value is -2.29. The van der Waals surface area contributed by atoms with Crippen molar-refractivity contribution >= 4 is 17.0 Å². The zero-order valence-corrected chi connectivity index (χ0v) is 9.53. The van der Waals surface area contributed by atoms with Crippen LogP contribution in [0.5, 0.6) is 5.88 Å². The van der Waals surface area contributed by atoms with Crippen LogP contribution in [0.15, 0.2) is 6.20 Å². The average molecular weight is 231 g/mol. The summed E-state index contributed by atoms with van der Waals surface area (Å²) in [4.78, 5) is 8.51. The van der Waals surface area contributed by atoms with Crippen LogP contribution in [0.4, 0.5) is 5.95 Å². The number of hydrogen-bond donors (Lipinski definition) is 2. The summed E-state index contributed by atoms with van der Waals surface area (Å²) >= 11 is 0. The highest BCUT2D eigenvalue weighted by atomic mass is 16.5. The molecule has 0 radical (unpaired) electrons. The topological polar surface area (TPSA) is 75.7 Å². The van der Waals surface area contributed by atoms with E-state index in [0.717, 1.165) is 11.9 Å². The molecule has 2 aromatic rings. The first-order chi connectivity index (χ1) is 8.35. The summed E-state index contributed by atoms with van der Waals surface area (Å²) < 4.78 is 5.51. The van der Waals surface area contributed by atoms with E-state index in [1.807, 2.05) is 6.92 Å². The predicted octanol–water partition coefficient (Wildman–Crippen LogP) is 1.19. The van der Waals surface area contributed by atoms with Crippen LogP contribution in [0.2, 0.25) is 0 Å². The van der Waals surface area contributed by atoms with Gasteiger partial charge >= 0.3 is 0 Å². The van der Waals surface area contributed by atoms with E-state index in [9.17, 15) is 0 Å². The number of fused-ring (bicyclic) bond motifs is 1. The Balaban J connectivity index is 2.30. The molecule has 6 nitrogen and oxygen atoms in total. The van der Waals surface area contributed by atoms with E-state index in [2.05, 4.69) is 31.4 Å². The van der Waals surface area contributed by atoms with Crippen molar-refractivity contribution < 1.29 is 4.74 Å². The Morgan fingerprint density at radius 3 is 3.18 bits per heavy atom. The van der Waals surface area contributed by atoms with Crippen molar-refractivity contribution in [1.82, 2.24) is 20.2 Å². The van der Waals surface area contributed by atoms with Gasteiger partial charge in [-0.2, -0.15) is 15.1 Å². The lowest BCUT2D eigenvalue weighted by Crippen LogP contribution is -2.05. The summed E-state index contributed by atoms with van der Waals surface area (Å²) in [6.45, 7) is 3.14. The second-order valence-corrected chi connectivity index (χ2v) is 3.32. The average Bonchev–Trinajstić information content (AvgIpc) is 2.78. The van der Waals surface area contributed by atoms with Gasteiger partial charge in [-0.25, -0.2) is 0 Å². The Bertz CT molecular complexity index is 542. The zero-order valence-electron chi connectivity index (χ0n) is 9.53. The number of aromatic amines is 1. The van der Waals surface area contributed by atoms with Gasteiger partial charge in [-0.05, 0) is 6.92 Å². The van der Waals surface area contributed by atoms with Crippen LogP contribution in [0.1, 0.15) is 13.3 Å². The third kappa shape index (κ3) is 2.45. The van der Waals surface area contributed by atoms with Gasteiger partial charge in [0, 0.05) is 13.0 Å². The maximum Gasteiger partial charge on any atom is 0.229 e. The van der Waals surface area contributed by atoms with Crippen molar-refractivity contribution in [2.45, 2.75) is 13.3 Å². The monoisotopic (exact) mass is 231 g/mol. The molecular formula is C11H13N5O. The second-order valence-electron chi connectivity index (χ2n) is 3.32. The van der Waals surface area contributed by atoms with Gasteiger partial charge in [0.15, 0.2) is 5.65 Å². The molecule has 0 aliphatic carbocycles. The standard InChI is InChI=1S/C11H13N5O/c1-3-5-6-17-10-8-7-13-16-9(8)14-11(15-10)12-4-2/h1,7H,4-6H2,2H3,(H2,12,13,14,15,16). The van der Waals surface area contributed by atoms with Crippen molar-refractivity contribution in [3.63, 3.8) is 0 Å². The van der Waals surface area contributed by atoms with Gasteiger partial charge in [0.05, 0.1) is 6.20 Å². The molecule has 88 valence electrons. The predicted molar refractivity (Wildman–Crippen MR) is 64.8 cm³/mol. The van der Waals surface area contributed by atoms with E-state index < -0.39 is 0 Å². The number of aromatic nitrogens is 4. The van der Waals surface area contributed by atoms with Crippen LogP contribution in [0, 0.1) is 12.3 Å². The summed E-state index contributed by atoms with van der Waals surface area (Å²) in [5, 5.41) is 10.5. The van der Waals surface area contributed by atoms with Crippen LogP contribution in [-0.2, 0) is 0 Å². The highest BCUT2D eigenvalue weighted by Crippen LogP contribution is 2.22. The summed E-state index contributed by atoms with van der Waals surface area (Å²) in [5.74, 6) is 3.52. The lowest BCUT2D eigenvalue weighted by molar-refractivity contribution is 0.319. The number of terminal acetylenes is 1. The normalized spacial score (nSPS) is 10.1. The van der Waals surface area contributed by atoms with E-state index in [1.54, 1.807) is 6.20 Å². The van der Waals surface area contributed by atoms with Crippen molar-refractivity contribution in [2.75, 3.05) is 18.5 Å². The number of ether oxygens (including phenoxy) is 1. The lowest BCUT2D eigenvalue weighted by Gasteiger charge is -2.06. The second kappa shape index (κ2) is 5.16. The quantitative estimate of drug-likeness (QED) is 0.597. The largest absolute Gasteiger partial charge is 0.476 e. The molecular weight excluding hydrogens is 218 g/mol. The minimum absolute atomic E-state index is 0.430. The first kappa shape index (κ1) is 11.2. The molecule has 0 bridgehead atoms. The van der Waals surface area contributed by atoms with Crippen LogP contribution in [-0.4, -0.2) is 33.3 Å². The Morgan fingerprint density at radius 1 is 1.53 bits per heavy atom. The number of anilines is 1. The minimum atomic E-state index is 0.430. The van der Waals surface area contributed by atoms with Gasteiger partial charge in [-0.3, -0.25) is 5.10 Å². The van der Waals surface area contributed by atoms with Crippen molar-refractivity contribution in [3.05, 3.63) is 6.20 Å². The first-order valence-electron chi connectivity index (χ1n) is 5.36. The minimum Gasteiger partial charge on any atom is -0.476 e. The third-order valence-corrected chi connectivity index (χ3v) is 2.09. The van der Waals surface area contributed by atoms with Gasteiger partial charge in [0.1, 0.15) is 12.0 Å². The van der Waals surface area contributed by atoms with Gasteiger partial charge < -0.3 is 10.1 Å². The number of nitrogens with one attached hydrogen (secondary N) is 2. The molecule has 0 aromatic carbocycles. The van der Waals surface area contributed by atoms with Gasteiger partial charge in [0.2, 0.25) is 11.8 Å². The molecule has 2 rings (SSSR count). The zero-order chi connectivity index (χ0) is 12.1. The summed E-state index contributed by atoms with van der Waals surface area (Å²) in [6.07, 6.45) is 7.35. The Labute approximate surface area is 98.8 Å². The Kier molecular flexibility index (Phi) is 3.40. The lowest BCUT2D eigenvalue weighted by atomic mass is 10.4. The van der Waals surface area contributed by atoms with E-state index in [0.29, 0.717) is 30.5 Å². The molecule has 0 aliphatic rings. The number of rotatable bonds is 5. The van der Waals surface area contributed by atoms with Crippen LogP contribution in [0.25, 0.3) is 11.0 Å². The van der Waals surface area contributed by atoms with E-state index in [1.165, 1.54) is 0 Å². The van der Waals surface area contributed by atoms with E-state index >= 15 is 0 Å². The fourth-order valence-corrected chi connectivity index (χ4v) is 1.36. The van der Waals surface area contributed by atoms with Gasteiger partial charge in [-0.15, -0.1) is 12.3 Å². The van der Waals surface area contributed by atoms with Crippen LogP contribution >= 0.6 is 0 Å². The molecule has 0 aliphatic heterocycles. The molecule has 2 aromatic heterocycles. The number of nitrogens with zero attached hydrogens (tertiary/aromatic N) is 3. The fraction of sp³-hybridized carbons (Fsp3) is 0.364. The summed E-state index contributed by atoms with van der Waals surface area (Å²) in [5.41, 5.74) is 0.645. The summed E-state index contributed by atoms with van der Waals surface area (Å²) in [6, 6.07) is 0. The molecule has 2 N–H and O–H groups in total. The number of H-pyrrole nitrogens is 1. The van der Waals surface area contributed by atoms with Crippen molar-refractivity contribution in [3.8, 4) is 18.2 Å². The molecule has 17 heavy (non-hydrogen) atoms. The molecule has 0 amide bonds. The van der Waals surface area contributed by atoms with Crippen LogP contribution in [0.3, 0.4) is 0 Å².